The van der Waals surface area contributed by atoms with Crippen molar-refractivity contribution in [1.82, 2.24) is 9.80 Å². The number of ether oxygens (including phenoxy) is 1. The summed E-state index contributed by atoms with van der Waals surface area (Å²) in [7, 11) is 1.35. The summed E-state index contributed by atoms with van der Waals surface area (Å²) in [5, 5.41) is 0. The number of carbonyl (C=O) groups excluding carboxylic acids is 1. The summed E-state index contributed by atoms with van der Waals surface area (Å²) >= 11 is 0. The van der Waals surface area contributed by atoms with Crippen LogP contribution in [0.2, 0.25) is 0 Å². The molecule has 100 valence electrons. The van der Waals surface area contributed by atoms with Gasteiger partial charge in [0.25, 0.3) is 6.43 Å². The molecule has 17 heavy (non-hydrogen) atoms. The van der Waals surface area contributed by atoms with E-state index in [1.54, 1.807) is 4.90 Å². The van der Waals surface area contributed by atoms with Crippen LogP contribution in [0, 0.1) is 0 Å². The molecule has 1 saturated heterocycles. The molecular weight excluding hydrogens is 230 g/mol. The van der Waals surface area contributed by atoms with Gasteiger partial charge in [-0.05, 0) is 6.42 Å². The quantitative estimate of drug-likeness (QED) is 0.676. The van der Waals surface area contributed by atoms with Gasteiger partial charge < -0.3 is 4.74 Å². The lowest BCUT2D eigenvalue weighted by atomic mass is 10.1. The molecule has 0 unspecified atom stereocenters. The van der Waals surface area contributed by atoms with Gasteiger partial charge in [-0.25, -0.2) is 8.78 Å². The van der Waals surface area contributed by atoms with Gasteiger partial charge in [-0.15, -0.1) is 0 Å². The molecular formula is C11H20F2N2O2. The van der Waals surface area contributed by atoms with Crippen molar-refractivity contribution in [1.29, 1.82) is 0 Å². The van der Waals surface area contributed by atoms with E-state index in [2.05, 4.69) is 4.74 Å². The third-order valence-electron chi connectivity index (χ3n) is 3.11. The molecule has 1 fully saturated rings. The first-order valence-electron chi connectivity index (χ1n) is 5.88. The topological polar surface area (TPSA) is 32.8 Å². The molecule has 0 N–H and O–H groups in total. The molecule has 1 aliphatic heterocycles. The Bertz CT molecular complexity index is 252. The Labute approximate surface area is 101 Å². The summed E-state index contributed by atoms with van der Waals surface area (Å²) in [5.41, 5.74) is 0. The molecule has 0 saturated carbocycles. The van der Waals surface area contributed by atoms with E-state index in [0.717, 1.165) is 6.42 Å². The van der Waals surface area contributed by atoms with E-state index in [0.29, 0.717) is 19.6 Å². The van der Waals surface area contributed by atoms with E-state index < -0.39 is 6.43 Å². The highest BCUT2D eigenvalue weighted by molar-refractivity contribution is 5.71. The maximum atomic E-state index is 12.4. The Kier molecular flexibility index (Phi) is 5.77. The lowest BCUT2D eigenvalue weighted by molar-refractivity contribution is -0.142. The van der Waals surface area contributed by atoms with E-state index in [-0.39, 0.29) is 25.1 Å². The number of rotatable bonds is 5. The fourth-order valence-corrected chi connectivity index (χ4v) is 2.15. The number of alkyl halides is 2. The van der Waals surface area contributed by atoms with Gasteiger partial charge in [0, 0.05) is 25.7 Å². The maximum absolute atomic E-state index is 12.4. The summed E-state index contributed by atoms with van der Waals surface area (Å²) in [6.45, 7) is 3.92. The molecule has 1 rings (SSSR count). The van der Waals surface area contributed by atoms with Crippen LogP contribution in [0.5, 0.6) is 0 Å². The predicted molar refractivity (Wildman–Crippen MR) is 60.1 cm³/mol. The van der Waals surface area contributed by atoms with Crippen LogP contribution in [0.1, 0.15) is 13.3 Å². The molecule has 6 heteroatoms. The molecule has 4 nitrogen and oxygen atoms in total. The van der Waals surface area contributed by atoms with Gasteiger partial charge in [0.15, 0.2) is 0 Å². The average molecular weight is 250 g/mol. The van der Waals surface area contributed by atoms with Crippen LogP contribution in [0.3, 0.4) is 0 Å². The van der Waals surface area contributed by atoms with Crippen LogP contribution >= 0.6 is 0 Å². The summed E-state index contributed by atoms with van der Waals surface area (Å²) in [5.74, 6) is -0.276. The number of nitrogens with zero attached hydrogens (tertiary/aromatic N) is 2. The minimum absolute atomic E-state index is 0.0995. The maximum Gasteiger partial charge on any atom is 0.319 e. The Hall–Kier alpha value is -0.750. The Morgan fingerprint density at radius 1 is 1.47 bits per heavy atom. The first kappa shape index (κ1) is 14.3. The van der Waals surface area contributed by atoms with Crippen LogP contribution in [0.25, 0.3) is 0 Å². The standard InChI is InChI=1S/C11H20F2N2O2/c1-3-9-6-14(8-11(16)17-2)4-5-15(9)7-10(12)13/h9-10H,3-8H2,1-2H3/t9-/m0/s1. The average Bonchev–Trinajstić information content (AvgIpc) is 2.30. The highest BCUT2D eigenvalue weighted by Gasteiger charge is 2.28. The summed E-state index contributed by atoms with van der Waals surface area (Å²) < 4.78 is 29.3. The Morgan fingerprint density at radius 2 is 2.18 bits per heavy atom. The zero-order valence-electron chi connectivity index (χ0n) is 10.4. The predicted octanol–water partition coefficient (Wildman–Crippen LogP) is 0.821. The molecule has 0 bridgehead atoms. The van der Waals surface area contributed by atoms with Crippen LogP contribution in [-0.2, 0) is 9.53 Å². The van der Waals surface area contributed by atoms with Crippen LogP contribution < -0.4 is 0 Å². The summed E-state index contributed by atoms with van der Waals surface area (Å²) in [4.78, 5) is 14.9. The number of carbonyl (C=O) groups is 1. The van der Waals surface area contributed by atoms with E-state index in [1.165, 1.54) is 7.11 Å². The summed E-state index contributed by atoms with van der Waals surface area (Å²) in [6, 6.07) is 0.0995. The highest BCUT2D eigenvalue weighted by atomic mass is 19.3. The second-order valence-corrected chi connectivity index (χ2v) is 4.26. The first-order valence-corrected chi connectivity index (χ1v) is 5.88. The van der Waals surface area contributed by atoms with Crippen molar-refractivity contribution >= 4 is 5.97 Å². The van der Waals surface area contributed by atoms with Gasteiger partial charge >= 0.3 is 5.97 Å². The van der Waals surface area contributed by atoms with Gasteiger partial charge in [-0.1, -0.05) is 6.92 Å². The van der Waals surface area contributed by atoms with Gasteiger partial charge in [0.05, 0.1) is 20.2 Å². The summed E-state index contributed by atoms with van der Waals surface area (Å²) in [6.07, 6.45) is -1.49. The molecule has 0 aliphatic carbocycles. The van der Waals surface area contributed by atoms with Crippen LogP contribution in [-0.4, -0.2) is 68.1 Å². The lowest BCUT2D eigenvalue weighted by Gasteiger charge is -2.40. The van der Waals surface area contributed by atoms with Crippen molar-refractivity contribution in [2.24, 2.45) is 0 Å². The number of esters is 1. The Balaban J connectivity index is 2.45. The molecule has 0 amide bonds. The SMILES string of the molecule is CC[C@H]1CN(CC(=O)OC)CCN1CC(F)F. The van der Waals surface area contributed by atoms with E-state index in [9.17, 15) is 13.6 Å². The largest absolute Gasteiger partial charge is 0.468 e. The molecule has 0 aromatic carbocycles. The first-order chi connectivity index (χ1) is 8.06. The minimum Gasteiger partial charge on any atom is -0.468 e. The van der Waals surface area contributed by atoms with Crippen molar-refractivity contribution < 1.29 is 18.3 Å². The van der Waals surface area contributed by atoms with Crippen LogP contribution in [0.4, 0.5) is 8.78 Å². The third kappa shape index (κ3) is 4.55. The highest BCUT2D eigenvalue weighted by Crippen LogP contribution is 2.14. The monoisotopic (exact) mass is 250 g/mol. The fourth-order valence-electron chi connectivity index (χ4n) is 2.15. The molecule has 0 aromatic heterocycles. The smallest absolute Gasteiger partial charge is 0.319 e. The Morgan fingerprint density at radius 3 is 2.71 bits per heavy atom. The number of methoxy groups -OCH3 is 1. The molecule has 0 aromatic rings. The van der Waals surface area contributed by atoms with Gasteiger partial charge in [0.1, 0.15) is 0 Å². The van der Waals surface area contributed by atoms with Gasteiger partial charge in [-0.3, -0.25) is 14.6 Å². The van der Waals surface area contributed by atoms with Crippen molar-refractivity contribution in [3.05, 3.63) is 0 Å². The fraction of sp³-hybridized carbons (Fsp3) is 0.909. The third-order valence-corrected chi connectivity index (χ3v) is 3.11. The second-order valence-electron chi connectivity index (χ2n) is 4.26. The van der Waals surface area contributed by atoms with E-state index in [4.69, 9.17) is 0 Å². The number of piperazine rings is 1. The van der Waals surface area contributed by atoms with E-state index >= 15 is 0 Å². The van der Waals surface area contributed by atoms with Crippen molar-refractivity contribution in [3.8, 4) is 0 Å². The number of hydrogen-bond acceptors (Lipinski definition) is 4. The zero-order valence-corrected chi connectivity index (χ0v) is 10.4. The van der Waals surface area contributed by atoms with Gasteiger partial charge in [-0.2, -0.15) is 0 Å². The molecule has 1 heterocycles. The lowest BCUT2D eigenvalue weighted by Crippen LogP contribution is -2.54. The molecule has 1 aliphatic rings. The number of hydrogen-bond donors (Lipinski definition) is 0. The van der Waals surface area contributed by atoms with Crippen LogP contribution in [0.15, 0.2) is 0 Å². The van der Waals surface area contributed by atoms with Gasteiger partial charge in [0.2, 0.25) is 0 Å². The second kappa shape index (κ2) is 6.86. The molecule has 1 atom stereocenters. The normalized spacial score (nSPS) is 23.0. The van der Waals surface area contributed by atoms with Crippen molar-refractivity contribution in [3.63, 3.8) is 0 Å². The number of halogens is 2. The van der Waals surface area contributed by atoms with Crippen molar-refractivity contribution in [2.75, 3.05) is 39.8 Å². The van der Waals surface area contributed by atoms with E-state index in [1.807, 2.05) is 11.8 Å². The van der Waals surface area contributed by atoms with Crippen molar-refractivity contribution in [2.45, 2.75) is 25.8 Å². The molecule has 0 radical (unpaired) electrons. The molecule has 0 spiro atoms. The zero-order chi connectivity index (χ0) is 12.8. The minimum atomic E-state index is -2.30.